The first kappa shape index (κ1) is 19.4. The number of aromatic amines is 1. The van der Waals surface area contributed by atoms with Crippen molar-refractivity contribution in [3.05, 3.63) is 65.4 Å². The van der Waals surface area contributed by atoms with E-state index >= 15 is 0 Å². The molecule has 1 unspecified atom stereocenters. The molecule has 1 aliphatic heterocycles. The van der Waals surface area contributed by atoms with E-state index in [1.165, 1.54) is 5.56 Å². The van der Waals surface area contributed by atoms with Gasteiger partial charge in [0.25, 0.3) is 0 Å². The number of rotatable bonds is 7. The zero-order valence-corrected chi connectivity index (χ0v) is 16.8. The van der Waals surface area contributed by atoms with E-state index < -0.39 is 16.3 Å². The van der Waals surface area contributed by atoms with Gasteiger partial charge in [-0.2, -0.15) is 0 Å². The lowest BCUT2D eigenvalue weighted by Gasteiger charge is -2.07. The number of anilines is 1. The molecule has 5 N–H and O–H groups in total. The van der Waals surface area contributed by atoms with Gasteiger partial charge in [0.15, 0.2) is 0 Å². The summed E-state index contributed by atoms with van der Waals surface area (Å²) in [6.07, 6.45) is 4.07. The van der Waals surface area contributed by atoms with Crippen molar-refractivity contribution in [1.82, 2.24) is 10.5 Å². The molecule has 2 heterocycles. The summed E-state index contributed by atoms with van der Waals surface area (Å²) in [5.74, 6) is 0.718. The number of H-pyrrole nitrogens is 1. The predicted molar refractivity (Wildman–Crippen MR) is 114 cm³/mol. The maximum atomic E-state index is 11.3. The number of sulfonamides is 1. The molecule has 0 aliphatic carbocycles. The van der Waals surface area contributed by atoms with Gasteiger partial charge in [-0.1, -0.05) is 18.2 Å². The van der Waals surface area contributed by atoms with Gasteiger partial charge in [-0.3, -0.25) is 10.2 Å². The molecule has 152 valence electrons. The number of aromatic nitrogens is 1. The van der Waals surface area contributed by atoms with Crippen molar-refractivity contribution in [3.8, 4) is 0 Å². The van der Waals surface area contributed by atoms with Gasteiger partial charge in [0, 0.05) is 34.8 Å². The fourth-order valence-electron chi connectivity index (χ4n) is 3.35. The summed E-state index contributed by atoms with van der Waals surface area (Å²) < 4.78 is 25.0. The molecule has 1 atom stereocenters. The Bertz CT molecular complexity index is 1150. The second-order valence-corrected chi connectivity index (χ2v) is 8.80. The Morgan fingerprint density at radius 1 is 1.21 bits per heavy atom. The molecule has 0 radical (unpaired) electrons. The standard InChI is InChI=1S/C20H23N5O3S/c1-29(26,27)25-16-5-2-13(3-6-16)10-19-23-20(28-24-19)14-4-7-18-17(11-14)15(8-9-21)12-22-18/h2-7,11-12,20,22,25H,8-10,21H2,1H3,(H,23,24). The maximum absolute atomic E-state index is 11.3. The SMILES string of the molecule is CS(=O)(=O)Nc1ccc(CC2=NC(c3ccc4[nH]cc(CCN)c4c3)ON2)cc1. The maximum Gasteiger partial charge on any atom is 0.229 e. The summed E-state index contributed by atoms with van der Waals surface area (Å²) in [6, 6.07) is 13.3. The number of fused-ring (bicyclic) bond motifs is 1. The summed E-state index contributed by atoms with van der Waals surface area (Å²) in [6.45, 7) is 0.597. The number of nitrogens with two attached hydrogens (primary N) is 1. The zero-order valence-electron chi connectivity index (χ0n) is 16.0. The van der Waals surface area contributed by atoms with E-state index in [0.29, 0.717) is 18.7 Å². The summed E-state index contributed by atoms with van der Waals surface area (Å²) >= 11 is 0. The van der Waals surface area contributed by atoms with Crippen LogP contribution in [0.4, 0.5) is 5.69 Å². The van der Waals surface area contributed by atoms with Crippen LogP contribution >= 0.6 is 0 Å². The summed E-state index contributed by atoms with van der Waals surface area (Å²) in [7, 11) is -3.28. The van der Waals surface area contributed by atoms with E-state index in [2.05, 4.69) is 26.2 Å². The molecule has 0 bridgehead atoms. The summed E-state index contributed by atoms with van der Waals surface area (Å²) in [4.78, 5) is 13.6. The van der Waals surface area contributed by atoms with Crippen molar-refractivity contribution < 1.29 is 13.3 Å². The van der Waals surface area contributed by atoms with Gasteiger partial charge < -0.3 is 10.7 Å². The van der Waals surface area contributed by atoms with Crippen LogP contribution in [0.1, 0.15) is 22.9 Å². The lowest BCUT2D eigenvalue weighted by molar-refractivity contribution is 0.0372. The quantitative estimate of drug-likeness (QED) is 0.473. The van der Waals surface area contributed by atoms with Crippen LogP contribution in [0, 0.1) is 0 Å². The third-order valence-corrected chi connectivity index (χ3v) is 5.29. The molecule has 9 heteroatoms. The Labute approximate surface area is 169 Å². The highest BCUT2D eigenvalue weighted by atomic mass is 32.2. The highest BCUT2D eigenvalue weighted by molar-refractivity contribution is 7.92. The minimum atomic E-state index is -3.28. The summed E-state index contributed by atoms with van der Waals surface area (Å²) in [5, 5.41) is 1.13. The number of hydrogen-bond acceptors (Lipinski definition) is 6. The van der Waals surface area contributed by atoms with E-state index in [9.17, 15) is 8.42 Å². The van der Waals surface area contributed by atoms with Gasteiger partial charge in [0.05, 0.1) is 6.26 Å². The van der Waals surface area contributed by atoms with Gasteiger partial charge >= 0.3 is 0 Å². The number of benzene rings is 2. The Hall–Kier alpha value is -2.88. The lowest BCUT2D eigenvalue weighted by atomic mass is 10.1. The lowest BCUT2D eigenvalue weighted by Crippen LogP contribution is -2.19. The Kier molecular flexibility index (Phi) is 5.27. The fraction of sp³-hybridized carbons (Fsp3) is 0.250. The van der Waals surface area contributed by atoms with Crippen molar-refractivity contribution >= 4 is 32.4 Å². The molecule has 3 aromatic rings. The second-order valence-electron chi connectivity index (χ2n) is 7.05. The van der Waals surface area contributed by atoms with E-state index in [1.54, 1.807) is 12.1 Å². The monoisotopic (exact) mass is 413 g/mol. The topological polar surface area (TPSA) is 122 Å². The zero-order chi connectivity index (χ0) is 20.4. The molecule has 0 amide bonds. The molecule has 0 saturated carbocycles. The van der Waals surface area contributed by atoms with Gasteiger partial charge in [0.1, 0.15) is 5.84 Å². The number of nitrogens with zero attached hydrogens (tertiary/aromatic N) is 1. The molecule has 2 aromatic carbocycles. The molecule has 0 fully saturated rings. The number of hydrogen-bond donors (Lipinski definition) is 4. The van der Waals surface area contributed by atoms with Gasteiger partial charge in [-0.05, 0) is 48.4 Å². The Morgan fingerprint density at radius 2 is 2.00 bits per heavy atom. The van der Waals surface area contributed by atoms with Crippen molar-refractivity contribution in [2.45, 2.75) is 19.1 Å². The molecular weight excluding hydrogens is 390 g/mol. The van der Waals surface area contributed by atoms with E-state index in [0.717, 1.165) is 40.5 Å². The van der Waals surface area contributed by atoms with Crippen LogP contribution in [0.25, 0.3) is 10.9 Å². The number of amidine groups is 1. The third-order valence-electron chi connectivity index (χ3n) is 4.68. The normalized spacial score (nSPS) is 16.6. The van der Waals surface area contributed by atoms with Gasteiger partial charge in [-0.15, -0.1) is 0 Å². The van der Waals surface area contributed by atoms with Crippen LogP contribution < -0.4 is 15.9 Å². The summed E-state index contributed by atoms with van der Waals surface area (Å²) in [5.41, 5.74) is 13.3. The van der Waals surface area contributed by atoms with Crippen LogP contribution in [0.3, 0.4) is 0 Å². The molecule has 1 aliphatic rings. The first-order valence-electron chi connectivity index (χ1n) is 9.26. The number of hydroxylamine groups is 1. The molecule has 4 rings (SSSR count). The average molecular weight is 414 g/mol. The highest BCUT2D eigenvalue weighted by Gasteiger charge is 2.21. The minimum Gasteiger partial charge on any atom is -0.361 e. The van der Waals surface area contributed by atoms with Crippen LogP contribution in [-0.2, 0) is 27.7 Å². The smallest absolute Gasteiger partial charge is 0.229 e. The largest absolute Gasteiger partial charge is 0.361 e. The number of aliphatic imine (C=N–C) groups is 1. The van der Waals surface area contributed by atoms with Crippen LogP contribution in [-0.4, -0.2) is 32.0 Å². The molecule has 29 heavy (non-hydrogen) atoms. The molecule has 1 aromatic heterocycles. The molecule has 0 spiro atoms. The van der Waals surface area contributed by atoms with E-state index in [-0.39, 0.29) is 0 Å². The first-order valence-corrected chi connectivity index (χ1v) is 11.2. The van der Waals surface area contributed by atoms with Crippen LogP contribution in [0.2, 0.25) is 0 Å². The molecule has 0 saturated heterocycles. The Balaban J connectivity index is 1.48. The third kappa shape index (κ3) is 4.58. The van der Waals surface area contributed by atoms with E-state index in [4.69, 9.17) is 10.6 Å². The highest BCUT2D eigenvalue weighted by Crippen LogP contribution is 2.27. The molecule has 8 nitrogen and oxygen atoms in total. The second kappa shape index (κ2) is 7.86. The minimum absolute atomic E-state index is 0.416. The van der Waals surface area contributed by atoms with Gasteiger partial charge in [0.2, 0.25) is 16.3 Å². The van der Waals surface area contributed by atoms with Crippen molar-refractivity contribution in [1.29, 1.82) is 0 Å². The van der Waals surface area contributed by atoms with Crippen molar-refractivity contribution in [2.75, 3.05) is 17.5 Å². The van der Waals surface area contributed by atoms with Crippen LogP contribution in [0.15, 0.2) is 53.7 Å². The predicted octanol–water partition coefficient (Wildman–Crippen LogP) is 2.22. The first-order chi connectivity index (χ1) is 13.9. The fourth-order valence-corrected chi connectivity index (χ4v) is 3.92. The van der Waals surface area contributed by atoms with Gasteiger partial charge in [-0.25, -0.2) is 18.2 Å². The van der Waals surface area contributed by atoms with Crippen LogP contribution in [0.5, 0.6) is 0 Å². The van der Waals surface area contributed by atoms with Crippen molar-refractivity contribution in [3.63, 3.8) is 0 Å². The Morgan fingerprint density at radius 3 is 2.72 bits per heavy atom. The average Bonchev–Trinajstić information content (AvgIpc) is 3.29. The van der Waals surface area contributed by atoms with Crippen molar-refractivity contribution in [2.24, 2.45) is 10.7 Å². The van der Waals surface area contributed by atoms with E-state index in [1.807, 2.05) is 30.5 Å². The molecular formula is C20H23N5O3S. The number of nitrogens with one attached hydrogen (secondary N) is 3.